The van der Waals surface area contributed by atoms with Crippen molar-refractivity contribution in [1.82, 2.24) is 10.2 Å². The van der Waals surface area contributed by atoms with Crippen LogP contribution in [0.25, 0.3) is 0 Å². The number of benzene rings is 1. The molecule has 0 unspecified atom stereocenters. The van der Waals surface area contributed by atoms with Crippen LogP contribution in [0.4, 0.5) is 14.9 Å². The quantitative estimate of drug-likeness (QED) is 0.725. The largest absolute Gasteiger partial charge is 0.351 e. The van der Waals surface area contributed by atoms with E-state index in [1.165, 1.54) is 37.1 Å². The van der Waals surface area contributed by atoms with Gasteiger partial charge in [0.2, 0.25) is 11.8 Å². The molecule has 7 nitrogen and oxygen atoms in total. The number of primary amides is 1. The molecule has 0 radical (unpaired) electrons. The van der Waals surface area contributed by atoms with Crippen molar-refractivity contribution >= 4 is 23.5 Å². The number of hydrogen-bond donors (Lipinski definition) is 3. The van der Waals surface area contributed by atoms with Gasteiger partial charge in [0.05, 0.1) is 12.6 Å². The Morgan fingerprint density at radius 1 is 1.38 bits per heavy atom. The predicted molar refractivity (Wildman–Crippen MR) is 74.8 cm³/mol. The maximum absolute atomic E-state index is 13.0. The Morgan fingerprint density at radius 2 is 2.05 bits per heavy atom. The average Bonchev–Trinajstić information content (AvgIpc) is 2.36. The third-order valence-electron chi connectivity index (χ3n) is 2.79. The molecule has 1 atom stereocenters. The standard InChI is InChI=1S/C13H17FN4O3/c1-8(12(20)17-13(15)21)18(2)7-11(19)16-10-5-3-4-9(14)6-10/h3-6,8H,7H2,1-2H3,(H,16,19)(H3,15,17,20,21)/t8-/m1/s1. The summed E-state index contributed by atoms with van der Waals surface area (Å²) in [6.45, 7) is 1.41. The van der Waals surface area contributed by atoms with E-state index in [1.54, 1.807) is 6.07 Å². The van der Waals surface area contributed by atoms with Crippen LogP contribution in [0.15, 0.2) is 24.3 Å². The minimum Gasteiger partial charge on any atom is -0.351 e. The molecule has 0 saturated heterocycles. The number of rotatable bonds is 5. The highest BCUT2D eigenvalue weighted by Crippen LogP contribution is 2.09. The fourth-order valence-corrected chi connectivity index (χ4v) is 1.56. The van der Waals surface area contributed by atoms with E-state index in [0.29, 0.717) is 5.69 Å². The Bertz CT molecular complexity index is 550. The molecule has 8 heteroatoms. The summed E-state index contributed by atoms with van der Waals surface area (Å²) in [6.07, 6.45) is 0. The molecule has 0 bridgehead atoms. The first kappa shape index (κ1) is 16.6. The fourth-order valence-electron chi connectivity index (χ4n) is 1.56. The zero-order valence-electron chi connectivity index (χ0n) is 11.7. The highest BCUT2D eigenvalue weighted by molar-refractivity contribution is 5.97. The smallest absolute Gasteiger partial charge is 0.318 e. The number of nitrogens with two attached hydrogens (primary N) is 1. The van der Waals surface area contributed by atoms with Gasteiger partial charge >= 0.3 is 6.03 Å². The lowest BCUT2D eigenvalue weighted by Crippen LogP contribution is -2.48. The molecule has 0 saturated carbocycles. The Balaban J connectivity index is 2.53. The molecule has 114 valence electrons. The number of likely N-dealkylation sites (N-methyl/N-ethyl adjacent to an activating group) is 1. The van der Waals surface area contributed by atoms with Crippen molar-refractivity contribution in [2.75, 3.05) is 18.9 Å². The number of carbonyl (C=O) groups excluding carboxylic acids is 3. The Kier molecular flexibility index (Phi) is 5.79. The molecule has 0 fully saturated rings. The SMILES string of the molecule is C[C@H](C(=O)NC(N)=O)N(C)CC(=O)Nc1cccc(F)c1. The van der Waals surface area contributed by atoms with Crippen LogP contribution in [0.5, 0.6) is 0 Å². The van der Waals surface area contributed by atoms with Crippen molar-refractivity contribution in [2.24, 2.45) is 5.73 Å². The molecule has 0 aliphatic carbocycles. The van der Waals surface area contributed by atoms with Crippen LogP contribution in [-0.4, -0.2) is 42.4 Å². The van der Waals surface area contributed by atoms with E-state index >= 15 is 0 Å². The van der Waals surface area contributed by atoms with Gasteiger partial charge in [-0.1, -0.05) is 6.07 Å². The Hall–Kier alpha value is -2.48. The minimum atomic E-state index is -0.954. The number of imide groups is 1. The number of nitrogens with one attached hydrogen (secondary N) is 2. The number of amides is 4. The van der Waals surface area contributed by atoms with Gasteiger partial charge in [0.25, 0.3) is 0 Å². The zero-order chi connectivity index (χ0) is 16.0. The first-order valence-corrected chi connectivity index (χ1v) is 6.15. The van der Waals surface area contributed by atoms with Crippen molar-refractivity contribution in [3.8, 4) is 0 Å². The van der Waals surface area contributed by atoms with Crippen molar-refractivity contribution in [3.63, 3.8) is 0 Å². The molecule has 0 spiro atoms. The molecular weight excluding hydrogens is 279 g/mol. The summed E-state index contributed by atoms with van der Waals surface area (Å²) in [5.74, 6) is -1.49. The second-order valence-electron chi connectivity index (χ2n) is 4.50. The molecule has 1 aromatic rings. The lowest BCUT2D eigenvalue weighted by molar-refractivity contribution is -0.125. The van der Waals surface area contributed by atoms with E-state index in [1.807, 2.05) is 5.32 Å². The molecule has 1 rings (SSSR count). The third-order valence-corrected chi connectivity index (χ3v) is 2.79. The summed E-state index contributed by atoms with van der Waals surface area (Å²) in [5.41, 5.74) is 5.17. The molecular formula is C13H17FN4O3. The molecule has 0 aromatic heterocycles. The van der Waals surface area contributed by atoms with Gasteiger partial charge in [0.15, 0.2) is 0 Å². The normalized spacial score (nSPS) is 11.8. The monoisotopic (exact) mass is 296 g/mol. The van der Waals surface area contributed by atoms with E-state index < -0.39 is 29.7 Å². The highest BCUT2D eigenvalue weighted by Gasteiger charge is 2.21. The third kappa shape index (κ3) is 5.57. The highest BCUT2D eigenvalue weighted by atomic mass is 19.1. The second-order valence-corrected chi connectivity index (χ2v) is 4.50. The fraction of sp³-hybridized carbons (Fsp3) is 0.308. The number of halogens is 1. The van der Waals surface area contributed by atoms with E-state index in [4.69, 9.17) is 5.73 Å². The first-order chi connectivity index (χ1) is 9.79. The topological polar surface area (TPSA) is 105 Å². The van der Waals surface area contributed by atoms with Crippen LogP contribution in [0.2, 0.25) is 0 Å². The number of anilines is 1. The second kappa shape index (κ2) is 7.34. The van der Waals surface area contributed by atoms with Gasteiger partial charge in [-0.3, -0.25) is 19.8 Å². The number of hydrogen-bond acceptors (Lipinski definition) is 4. The molecule has 4 N–H and O–H groups in total. The number of carbonyl (C=O) groups is 3. The lowest BCUT2D eigenvalue weighted by Gasteiger charge is -2.22. The molecule has 0 heterocycles. The molecule has 0 aliphatic heterocycles. The Labute approximate surface area is 121 Å². The van der Waals surface area contributed by atoms with Gasteiger partial charge in [-0.05, 0) is 32.2 Å². The number of urea groups is 1. The molecule has 21 heavy (non-hydrogen) atoms. The summed E-state index contributed by atoms with van der Waals surface area (Å²) in [4.78, 5) is 35.3. The first-order valence-electron chi connectivity index (χ1n) is 6.15. The van der Waals surface area contributed by atoms with Crippen LogP contribution in [0.3, 0.4) is 0 Å². The maximum atomic E-state index is 13.0. The number of nitrogens with zero attached hydrogens (tertiary/aromatic N) is 1. The van der Waals surface area contributed by atoms with Gasteiger partial charge in [0.1, 0.15) is 5.82 Å². The summed E-state index contributed by atoms with van der Waals surface area (Å²) in [6, 6.07) is 3.78. The summed E-state index contributed by atoms with van der Waals surface area (Å²) >= 11 is 0. The maximum Gasteiger partial charge on any atom is 0.318 e. The summed E-state index contributed by atoms with van der Waals surface area (Å²) in [5, 5.41) is 4.44. The predicted octanol–water partition coefficient (Wildman–Crippen LogP) is 0.279. The van der Waals surface area contributed by atoms with Crippen molar-refractivity contribution in [2.45, 2.75) is 13.0 Å². The Morgan fingerprint density at radius 3 is 2.62 bits per heavy atom. The van der Waals surface area contributed by atoms with Crippen molar-refractivity contribution in [3.05, 3.63) is 30.1 Å². The molecule has 0 aliphatic rings. The van der Waals surface area contributed by atoms with Crippen LogP contribution in [-0.2, 0) is 9.59 Å². The molecule has 4 amide bonds. The van der Waals surface area contributed by atoms with E-state index in [2.05, 4.69) is 5.32 Å². The van der Waals surface area contributed by atoms with E-state index in [0.717, 1.165) is 0 Å². The molecule has 1 aromatic carbocycles. The van der Waals surface area contributed by atoms with Crippen molar-refractivity contribution in [1.29, 1.82) is 0 Å². The van der Waals surface area contributed by atoms with Crippen LogP contribution >= 0.6 is 0 Å². The minimum absolute atomic E-state index is 0.107. The average molecular weight is 296 g/mol. The van der Waals surface area contributed by atoms with Gasteiger partial charge < -0.3 is 11.1 Å². The van der Waals surface area contributed by atoms with Gasteiger partial charge in [0, 0.05) is 5.69 Å². The van der Waals surface area contributed by atoms with E-state index in [-0.39, 0.29) is 6.54 Å². The van der Waals surface area contributed by atoms with Gasteiger partial charge in [-0.15, -0.1) is 0 Å². The summed E-state index contributed by atoms with van der Waals surface area (Å²) < 4.78 is 13.0. The van der Waals surface area contributed by atoms with E-state index in [9.17, 15) is 18.8 Å². The zero-order valence-corrected chi connectivity index (χ0v) is 11.7. The van der Waals surface area contributed by atoms with Crippen LogP contribution in [0, 0.1) is 5.82 Å². The van der Waals surface area contributed by atoms with Crippen LogP contribution < -0.4 is 16.4 Å². The summed E-state index contributed by atoms with van der Waals surface area (Å²) in [7, 11) is 1.54. The van der Waals surface area contributed by atoms with Crippen LogP contribution in [0.1, 0.15) is 6.92 Å². The van der Waals surface area contributed by atoms with Gasteiger partial charge in [-0.25, -0.2) is 9.18 Å². The lowest BCUT2D eigenvalue weighted by atomic mass is 10.2. The van der Waals surface area contributed by atoms with Crippen molar-refractivity contribution < 1.29 is 18.8 Å². The van der Waals surface area contributed by atoms with Gasteiger partial charge in [-0.2, -0.15) is 0 Å².